The molecule has 1 aromatic rings. The molecule has 2 fully saturated rings. The molecular formula is C17H24O. The standard InChI is InChI=1S/C17H24O/c1-2-13-5-3-4-6-16(13)17(18)11-15-10-12-7-8-14(15)9-12/h3-6,12,14-15,17-18H,2,7-11H2,1H3. The summed E-state index contributed by atoms with van der Waals surface area (Å²) in [7, 11) is 0. The number of rotatable bonds is 4. The zero-order valence-corrected chi connectivity index (χ0v) is 11.3. The first-order valence-corrected chi connectivity index (χ1v) is 7.53. The number of aliphatic hydroxyl groups excluding tert-OH is 1. The average Bonchev–Trinajstić information content (AvgIpc) is 3.01. The third-order valence-corrected chi connectivity index (χ3v) is 5.21. The van der Waals surface area contributed by atoms with Crippen LogP contribution in [0.5, 0.6) is 0 Å². The topological polar surface area (TPSA) is 20.2 Å². The van der Waals surface area contributed by atoms with E-state index in [1.54, 1.807) is 0 Å². The minimum absolute atomic E-state index is 0.245. The van der Waals surface area contributed by atoms with Crippen molar-refractivity contribution in [1.82, 2.24) is 0 Å². The lowest BCUT2D eigenvalue weighted by Crippen LogP contribution is -2.15. The Bertz CT molecular complexity index is 412. The maximum Gasteiger partial charge on any atom is 0.0795 e. The van der Waals surface area contributed by atoms with Gasteiger partial charge in [0.2, 0.25) is 0 Å². The molecule has 0 aliphatic heterocycles. The summed E-state index contributed by atoms with van der Waals surface area (Å²) in [6.07, 6.45) is 7.43. The Morgan fingerprint density at radius 2 is 2.06 bits per heavy atom. The summed E-state index contributed by atoms with van der Waals surface area (Å²) in [5.41, 5.74) is 2.48. The first-order chi connectivity index (χ1) is 8.78. The van der Waals surface area contributed by atoms with Crippen LogP contribution in [-0.4, -0.2) is 5.11 Å². The van der Waals surface area contributed by atoms with Gasteiger partial charge in [0.15, 0.2) is 0 Å². The lowest BCUT2D eigenvalue weighted by molar-refractivity contribution is 0.125. The Labute approximate surface area is 110 Å². The van der Waals surface area contributed by atoms with Gasteiger partial charge in [-0.25, -0.2) is 0 Å². The van der Waals surface area contributed by atoms with E-state index in [2.05, 4.69) is 31.2 Å². The van der Waals surface area contributed by atoms with E-state index in [4.69, 9.17) is 0 Å². The van der Waals surface area contributed by atoms with Gasteiger partial charge in [-0.2, -0.15) is 0 Å². The van der Waals surface area contributed by atoms with Crippen molar-refractivity contribution in [2.75, 3.05) is 0 Å². The predicted octanol–water partition coefficient (Wildman–Crippen LogP) is 4.11. The average molecular weight is 244 g/mol. The molecule has 0 spiro atoms. The van der Waals surface area contributed by atoms with Gasteiger partial charge >= 0.3 is 0 Å². The summed E-state index contributed by atoms with van der Waals surface area (Å²) in [6, 6.07) is 8.39. The van der Waals surface area contributed by atoms with E-state index in [9.17, 15) is 5.11 Å². The van der Waals surface area contributed by atoms with Crippen LogP contribution in [-0.2, 0) is 6.42 Å². The molecule has 98 valence electrons. The number of aryl methyl sites for hydroxylation is 1. The maximum absolute atomic E-state index is 10.5. The molecule has 1 N–H and O–H groups in total. The number of aliphatic hydroxyl groups is 1. The fourth-order valence-electron chi connectivity index (χ4n) is 4.26. The molecule has 4 atom stereocenters. The monoisotopic (exact) mass is 244 g/mol. The van der Waals surface area contributed by atoms with Gasteiger partial charge in [0.05, 0.1) is 6.10 Å². The Balaban J connectivity index is 1.69. The molecule has 0 saturated heterocycles. The van der Waals surface area contributed by atoms with Gasteiger partial charge in [-0.3, -0.25) is 0 Å². The Hall–Kier alpha value is -0.820. The molecule has 3 rings (SSSR count). The highest BCUT2D eigenvalue weighted by atomic mass is 16.3. The van der Waals surface area contributed by atoms with E-state index in [1.165, 1.54) is 36.8 Å². The SMILES string of the molecule is CCc1ccccc1C(O)CC1CC2CCC1C2. The minimum Gasteiger partial charge on any atom is -0.388 e. The summed E-state index contributed by atoms with van der Waals surface area (Å²) in [5.74, 6) is 2.68. The van der Waals surface area contributed by atoms with Crippen LogP contribution in [0.25, 0.3) is 0 Å². The minimum atomic E-state index is -0.245. The first-order valence-electron chi connectivity index (χ1n) is 7.53. The summed E-state index contributed by atoms with van der Waals surface area (Å²) in [4.78, 5) is 0. The molecule has 2 saturated carbocycles. The number of hydrogen-bond acceptors (Lipinski definition) is 1. The molecule has 0 amide bonds. The van der Waals surface area contributed by atoms with Crippen molar-refractivity contribution >= 4 is 0 Å². The molecule has 0 heterocycles. The largest absolute Gasteiger partial charge is 0.388 e. The van der Waals surface area contributed by atoms with Crippen LogP contribution < -0.4 is 0 Å². The van der Waals surface area contributed by atoms with Crippen LogP contribution in [0.4, 0.5) is 0 Å². The lowest BCUT2D eigenvalue weighted by Gasteiger charge is -2.25. The van der Waals surface area contributed by atoms with Crippen LogP contribution in [0.3, 0.4) is 0 Å². The molecule has 1 nitrogen and oxygen atoms in total. The predicted molar refractivity (Wildman–Crippen MR) is 74.3 cm³/mol. The van der Waals surface area contributed by atoms with Gasteiger partial charge in [-0.05, 0) is 61.0 Å². The number of fused-ring (bicyclic) bond motifs is 2. The lowest BCUT2D eigenvalue weighted by atomic mass is 9.83. The van der Waals surface area contributed by atoms with Crippen molar-refractivity contribution in [3.8, 4) is 0 Å². The van der Waals surface area contributed by atoms with Crippen molar-refractivity contribution in [2.24, 2.45) is 17.8 Å². The first kappa shape index (κ1) is 12.2. The van der Waals surface area contributed by atoms with Crippen LogP contribution in [0, 0.1) is 17.8 Å². The zero-order chi connectivity index (χ0) is 12.5. The highest BCUT2D eigenvalue weighted by Gasteiger charge is 2.40. The van der Waals surface area contributed by atoms with Crippen molar-refractivity contribution in [2.45, 2.75) is 51.6 Å². The molecule has 4 unspecified atom stereocenters. The molecule has 0 aromatic heterocycles. The van der Waals surface area contributed by atoms with E-state index >= 15 is 0 Å². The van der Waals surface area contributed by atoms with Gasteiger partial charge in [0.1, 0.15) is 0 Å². The molecular weight excluding hydrogens is 220 g/mol. The van der Waals surface area contributed by atoms with Gasteiger partial charge in [0.25, 0.3) is 0 Å². The van der Waals surface area contributed by atoms with E-state index in [0.717, 1.165) is 30.6 Å². The fourth-order valence-corrected chi connectivity index (χ4v) is 4.26. The Morgan fingerprint density at radius 1 is 1.22 bits per heavy atom. The van der Waals surface area contributed by atoms with Crippen molar-refractivity contribution in [3.05, 3.63) is 35.4 Å². The highest BCUT2D eigenvalue weighted by molar-refractivity contribution is 5.29. The molecule has 18 heavy (non-hydrogen) atoms. The molecule has 1 heteroatoms. The van der Waals surface area contributed by atoms with Crippen molar-refractivity contribution in [3.63, 3.8) is 0 Å². The van der Waals surface area contributed by atoms with Crippen LogP contribution in [0.2, 0.25) is 0 Å². The highest BCUT2D eigenvalue weighted by Crippen LogP contribution is 2.51. The summed E-state index contributed by atoms with van der Waals surface area (Å²) < 4.78 is 0. The molecule has 2 aliphatic rings. The quantitative estimate of drug-likeness (QED) is 0.845. The molecule has 1 aromatic carbocycles. The molecule has 0 radical (unpaired) electrons. The fraction of sp³-hybridized carbons (Fsp3) is 0.647. The normalized spacial score (nSPS) is 31.8. The second-order valence-corrected chi connectivity index (χ2v) is 6.24. The van der Waals surface area contributed by atoms with E-state index in [1.807, 2.05) is 0 Å². The van der Waals surface area contributed by atoms with Crippen LogP contribution in [0.1, 0.15) is 56.3 Å². The summed E-state index contributed by atoms with van der Waals surface area (Å²) in [5, 5.41) is 10.5. The van der Waals surface area contributed by atoms with E-state index in [0.29, 0.717) is 0 Å². The van der Waals surface area contributed by atoms with E-state index in [-0.39, 0.29) is 6.10 Å². The van der Waals surface area contributed by atoms with Crippen molar-refractivity contribution < 1.29 is 5.11 Å². The molecule has 2 bridgehead atoms. The second kappa shape index (κ2) is 5.05. The third-order valence-electron chi connectivity index (χ3n) is 5.21. The van der Waals surface area contributed by atoms with E-state index < -0.39 is 0 Å². The van der Waals surface area contributed by atoms with Crippen LogP contribution in [0.15, 0.2) is 24.3 Å². The van der Waals surface area contributed by atoms with Crippen LogP contribution >= 0.6 is 0 Å². The second-order valence-electron chi connectivity index (χ2n) is 6.24. The maximum atomic E-state index is 10.5. The summed E-state index contributed by atoms with van der Waals surface area (Å²) >= 11 is 0. The molecule has 2 aliphatic carbocycles. The smallest absolute Gasteiger partial charge is 0.0795 e. The number of benzene rings is 1. The third kappa shape index (κ3) is 2.21. The van der Waals surface area contributed by atoms with Gasteiger partial charge < -0.3 is 5.11 Å². The zero-order valence-electron chi connectivity index (χ0n) is 11.3. The van der Waals surface area contributed by atoms with Gasteiger partial charge in [-0.1, -0.05) is 37.6 Å². The Morgan fingerprint density at radius 3 is 2.72 bits per heavy atom. The summed E-state index contributed by atoms with van der Waals surface area (Å²) in [6.45, 7) is 2.17. The van der Waals surface area contributed by atoms with Gasteiger partial charge in [-0.15, -0.1) is 0 Å². The Kier molecular flexibility index (Phi) is 3.43. The number of hydrogen-bond donors (Lipinski definition) is 1. The van der Waals surface area contributed by atoms with Crippen molar-refractivity contribution in [1.29, 1.82) is 0 Å². The van der Waals surface area contributed by atoms with Gasteiger partial charge in [0, 0.05) is 0 Å².